The van der Waals surface area contributed by atoms with Gasteiger partial charge in [0.2, 0.25) is 0 Å². The Morgan fingerprint density at radius 1 is 1.40 bits per heavy atom. The lowest BCUT2D eigenvalue weighted by Gasteiger charge is -2.28. The van der Waals surface area contributed by atoms with E-state index < -0.39 is 0 Å². The highest BCUT2D eigenvalue weighted by Gasteiger charge is 2.20. The number of ether oxygens (including phenoxy) is 2. The number of aromatic hydroxyl groups is 1. The van der Waals surface area contributed by atoms with E-state index in [0.717, 1.165) is 31.6 Å². The summed E-state index contributed by atoms with van der Waals surface area (Å²) in [5.41, 5.74) is 0.884. The van der Waals surface area contributed by atoms with Gasteiger partial charge in [-0.25, -0.2) is 0 Å². The number of phenolic OH excluding ortho intramolecular Hbond substituents is 1. The van der Waals surface area contributed by atoms with E-state index in [1.165, 1.54) is 0 Å². The molecule has 2 rings (SSSR count). The summed E-state index contributed by atoms with van der Waals surface area (Å²) < 4.78 is 10.8. The minimum absolute atomic E-state index is 0.251. The van der Waals surface area contributed by atoms with Gasteiger partial charge < -0.3 is 19.9 Å². The molecule has 0 aliphatic carbocycles. The number of benzene rings is 1. The number of phenols is 1. The molecule has 0 bridgehead atoms. The van der Waals surface area contributed by atoms with Crippen molar-refractivity contribution in [2.45, 2.75) is 39.3 Å². The molecular formula is C16H25NO3. The molecule has 1 unspecified atom stereocenters. The number of para-hydroxylation sites is 1. The zero-order valence-corrected chi connectivity index (χ0v) is 12.4. The maximum Gasteiger partial charge on any atom is 0.162 e. The summed E-state index contributed by atoms with van der Waals surface area (Å²) in [4.78, 5) is 0. The Labute approximate surface area is 121 Å². The van der Waals surface area contributed by atoms with E-state index in [-0.39, 0.29) is 5.75 Å². The Bertz CT molecular complexity index is 416. The second-order valence-electron chi connectivity index (χ2n) is 5.32. The van der Waals surface area contributed by atoms with Gasteiger partial charge in [0.1, 0.15) is 0 Å². The molecule has 0 saturated carbocycles. The predicted molar refractivity (Wildman–Crippen MR) is 79.1 cm³/mol. The minimum atomic E-state index is 0.251. The molecule has 20 heavy (non-hydrogen) atoms. The highest BCUT2D eigenvalue weighted by molar-refractivity contribution is 5.45. The third-order valence-electron chi connectivity index (χ3n) is 3.97. The van der Waals surface area contributed by atoms with Crippen LogP contribution in [0.5, 0.6) is 11.5 Å². The van der Waals surface area contributed by atoms with Crippen LogP contribution < -0.4 is 10.1 Å². The van der Waals surface area contributed by atoms with E-state index in [1.54, 1.807) is 6.07 Å². The van der Waals surface area contributed by atoms with Crippen molar-refractivity contribution in [2.75, 3.05) is 19.8 Å². The van der Waals surface area contributed by atoms with Crippen molar-refractivity contribution in [2.24, 2.45) is 5.92 Å². The highest BCUT2D eigenvalue weighted by atomic mass is 16.5. The largest absolute Gasteiger partial charge is 0.504 e. The average molecular weight is 279 g/mol. The molecule has 0 amide bonds. The van der Waals surface area contributed by atoms with Crippen LogP contribution in [0.15, 0.2) is 18.2 Å². The summed E-state index contributed by atoms with van der Waals surface area (Å²) in [6.45, 7) is 7.06. The van der Waals surface area contributed by atoms with E-state index in [4.69, 9.17) is 9.47 Å². The summed E-state index contributed by atoms with van der Waals surface area (Å²) in [7, 11) is 0. The van der Waals surface area contributed by atoms with Gasteiger partial charge in [-0.2, -0.15) is 0 Å². The summed E-state index contributed by atoms with van der Waals surface area (Å²) >= 11 is 0. The molecule has 1 aromatic rings. The lowest BCUT2D eigenvalue weighted by Crippen LogP contribution is -2.36. The number of nitrogens with one attached hydrogen (secondary N) is 1. The monoisotopic (exact) mass is 279 g/mol. The molecule has 0 aromatic heterocycles. The standard InChI is InChI=1S/C16H25NO3/c1-3-20-15-6-4-5-14(16(15)18)11-17-12(2)13-7-9-19-10-8-13/h4-6,12-13,17-18H,3,7-11H2,1-2H3. The molecule has 1 heterocycles. The number of hydrogen-bond acceptors (Lipinski definition) is 4. The number of hydrogen-bond donors (Lipinski definition) is 2. The topological polar surface area (TPSA) is 50.7 Å². The zero-order valence-electron chi connectivity index (χ0n) is 12.4. The van der Waals surface area contributed by atoms with Crippen LogP contribution in [-0.2, 0) is 11.3 Å². The Hall–Kier alpha value is -1.26. The first kappa shape index (κ1) is 15.1. The Kier molecular flexibility index (Phi) is 5.68. The molecule has 2 N–H and O–H groups in total. The molecule has 112 valence electrons. The van der Waals surface area contributed by atoms with Crippen molar-refractivity contribution < 1.29 is 14.6 Å². The Morgan fingerprint density at radius 2 is 2.15 bits per heavy atom. The summed E-state index contributed by atoms with van der Waals surface area (Å²) in [5, 5.41) is 13.7. The second-order valence-corrected chi connectivity index (χ2v) is 5.32. The van der Waals surface area contributed by atoms with Gasteiger partial charge in [-0.05, 0) is 38.7 Å². The van der Waals surface area contributed by atoms with Crippen LogP contribution in [0.1, 0.15) is 32.3 Å². The van der Waals surface area contributed by atoms with Crippen molar-refractivity contribution >= 4 is 0 Å². The fourth-order valence-corrected chi connectivity index (χ4v) is 2.64. The quantitative estimate of drug-likeness (QED) is 0.840. The summed E-state index contributed by atoms with van der Waals surface area (Å²) in [6.07, 6.45) is 2.22. The first-order valence-corrected chi connectivity index (χ1v) is 7.47. The van der Waals surface area contributed by atoms with Crippen LogP contribution in [-0.4, -0.2) is 31.0 Å². The molecule has 4 nitrogen and oxygen atoms in total. The van der Waals surface area contributed by atoms with Crippen LogP contribution >= 0.6 is 0 Å². The molecule has 0 spiro atoms. The third kappa shape index (κ3) is 3.87. The van der Waals surface area contributed by atoms with E-state index in [9.17, 15) is 5.11 Å². The molecule has 1 saturated heterocycles. The maximum absolute atomic E-state index is 10.2. The van der Waals surface area contributed by atoms with Gasteiger partial charge in [-0.1, -0.05) is 12.1 Å². The first-order chi connectivity index (χ1) is 9.72. The van der Waals surface area contributed by atoms with Crippen molar-refractivity contribution in [3.63, 3.8) is 0 Å². The van der Waals surface area contributed by atoms with Crippen LogP contribution in [0.25, 0.3) is 0 Å². The summed E-state index contributed by atoms with van der Waals surface area (Å²) in [5.74, 6) is 1.47. The molecule has 4 heteroatoms. The predicted octanol–water partition coefficient (Wildman–Crippen LogP) is 2.70. The fraction of sp³-hybridized carbons (Fsp3) is 0.625. The molecule has 1 aliphatic rings. The zero-order chi connectivity index (χ0) is 14.4. The Balaban J connectivity index is 1.91. The van der Waals surface area contributed by atoms with Gasteiger partial charge >= 0.3 is 0 Å². The fourth-order valence-electron chi connectivity index (χ4n) is 2.64. The van der Waals surface area contributed by atoms with Crippen molar-refractivity contribution in [3.05, 3.63) is 23.8 Å². The minimum Gasteiger partial charge on any atom is -0.504 e. The van der Waals surface area contributed by atoms with Crippen molar-refractivity contribution in [3.8, 4) is 11.5 Å². The lowest BCUT2D eigenvalue weighted by molar-refractivity contribution is 0.0557. The lowest BCUT2D eigenvalue weighted by atomic mass is 9.93. The van der Waals surface area contributed by atoms with Gasteiger partial charge in [0.05, 0.1) is 6.61 Å². The van der Waals surface area contributed by atoms with Crippen LogP contribution in [0.4, 0.5) is 0 Å². The van der Waals surface area contributed by atoms with E-state index in [0.29, 0.717) is 30.9 Å². The van der Waals surface area contributed by atoms with Crippen molar-refractivity contribution in [1.29, 1.82) is 0 Å². The van der Waals surface area contributed by atoms with Gasteiger partial charge in [-0.3, -0.25) is 0 Å². The van der Waals surface area contributed by atoms with Gasteiger partial charge in [0, 0.05) is 31.4 Å². The number of rotatable bonds is 6. The van der Waals surface area contributed by atoms with E-state index >= 15 is 0 Å². The smallest absolute Gasteiger partial charge is 0.162 e. The molecule has 1 fully saturated rings. The van der Waals surface area contributed by atoms with Gasteiger partial charge in [-0.15, -0.1) is 0 Å². The van der Waals surface area contributed by atoms with Crippen LogP contribution in [0.2, 0.25) is 0 Å². The summed E-state index contributed by atoms with van der Waals surface area (Å²) in [6, 6.07) is 6.07. The third-order valence-corrected chi connectivity index (χ3v) is 3.97. The molecule has 1 aromatic carbocycles. The second kappa shape index (κ2) is 7.50. The SMILES string of the molecule is CCOc1cccc(CNC(C)C2CCOCC2)c1O. The van der Waals surface area contributed by atoms with Crippen molar-refractivity contribution in [1.82, 2.24) is 5.32 Å². The molecule has 1 atom stereocenters. The first-order valence-electron chi connectivity index (χ1n) is 7.47. The van der Waals surface area contributed by atoms with Crippen LogP contribution in [0.3, 0.4) is 0 Å². The molecule has 0 radical (unpaired) electrons. The van der Waals surface area contributed by atoms with E-state index in [2.05, 4.69) is 12.2 Å². The Morgan fingerprint density at radius 3 is 2.85 bits per heavy atom. The average Bonchev–Trinajstić information content (AvgIpc) is 2.49. The van der Waals surface area contributed by atoms with Gasteiger partial charge in [0.15, 0.2) is 11.5 Å². The maximum atomic E-state index is 10.2. The normalized spacial score (nSPS) is 17.9. The van der Waals surface area contributed by atoms with Crippen LogP contribution in [0, 0.1) is 5.92 Å². The van der Waals surface area contributed by atoms with Gasteiger partial charge in [0.25, 0.3) is 0 Å². The molecule has 1 aliphatic heterocycles. The van der Waals surface area contributed by atoms with E-state index in [1.807, 2.05) is 19.1 Å². The molecular weight excluding hydrogens is 254 g/mol. The highest BCUT2D eigenvalue weighted by Crippen LogP contribution is 2.30.